The maximum absolute atomic E-state index is 11.6. The van der Waals surface area contributed by atoms with Crippen molar-refractivity contribution in [3.8, 4) is 0 Å². The van der Waals surface area contributed by atoms with Crippen molar-refractivity contribution in [2.75, 3.05) is 12.3 Å². The second-order valence-corrected chi connectivity index (χ2v) is 7.35. The minimum atomic E-state index is 0.120. The number of hydrogen-bond donors (Lipinski definition) is 1. The van der Waals surface area contributed by atoms with Crippen molar-refractivity contribution < 1.29 is 4.79 Å². The molecule has 0 atom stereocenters. The maximum Gasteiger partial charge on any atom is 0.230 e. The van der Waals surface area contributed by atoms with Crippen LogP contribution >= 0.6 is 11.8 Å². The molecule has 0 saturated heterocycles. The van der Waals surface area contributed by atoms with Crippen LogP contribution in [0.25, 0.3) is 0 Å². The van der Waals surface area contributed by atoms with Gasteiger partial charge in [-0.25, -0.2) is 0 Å². The molecule has 0 fully saturated rings. The van der Waals surface area contributed by atoms with Crippen LogP contribution in [0.5, 0.6) is 0 Å². The van der Waals surface area contributed by atoms with Gasteiger partial charge in [-0.1, -0.05) is 48.0 Å². The monoisotopic (exact) mass is 245 g/mol. The first-order chi connectivity index (χ1) is 7.20. The molecule has 1 amide bonds. The van der Waals surface area contributed by atoms with Gasteiger partial charge in [0.25, 0.3) is 0 Å². The Bertz CT molecular complexity index is 218. The molecule has 0 aromatic carbocycles. The van der Waals surface area contributed by atoms with E-state index < -0.39 is 0 Å². The summed E-state index contributed by atoms with van der Waals surface area (Å²) in [6, 6.07) is 0. The highest BCUT2D eigenvalue weighted by atomic mass is 32.2. The minimum Gasteiger partial charge on any atom is -0.355 e. The molecule has 0 heterocycles. The molecule has 0 rings (SSSR count). The van der Waals surface area contributed by atoms with E-state index in [0.717, 1.165) is 19.4 Å². The third-order valence-electron chi connectivity index (χ3n) is 3.22. The van der Waals surface area contributed by atoms with Crippen molar-refractivity contribution in [2.45, 2.75) is 59.1 Å². The lowest BCUT2D eigenvalue weighted by atomic mass is 9.83. The fraction of sp³-hybridized carbons (Fsp3) is 0.923. The Morgan fingerprint density at radius 2 is 1.75 bits per heavy atom. The van der Waals surface area contributed by atoms with E-state index in [9.17, 15) is 4.79 Å². The van der Waals surface area contributed by atoms with Gasteiger partial charge in [0, 0.05) is 11.3 Å². The number of amides is 1. The molecule has 1 N–H and O–H groups in total. The molecule has 0 spiro atoms. The Hall–Kier alpha value is -0.180. The van der Waals surface area contributed by atoms with Gasteiger partial charge in [0.2, 0.25) is 5.91 Å². The van der Waals surface area contributed by atoms with Crippen molar-refractivity contribution in [1.82, 2.24) is 5.32 Å². The maximum atomic E-state index is 11.6. The van der Waals surface area contributed by atoms with Crippen LogP contribution in [0.3, 0.4) is 0 Å². The van der Waals surface area contributed by atoms with Crippen molar-refractivity contribution in [2.24, 2.45) is 5.41 Å². The second kappa shape index (κ2) is 6.53. The lowest BCUT2D eigenvalue weighted by Gasteiger charge is -2.38. The van der Waals surface area contributed by atoms with Gasteiger partial charge in [0.1, 0.15) is 0 Å². The standard InChI is InChI=1S/C13H27NOS/c1-7-8-9-14-11(15)10-16-13(5,6)12(2,3)4/h7-10H2,1-6H3,(H,14,15). The zero-order chi connectivity index (χ0) is 12.8. The first-order valence-corrected chi connectivity index (χ1v) is 7.10. The molecule has 0 aliphatic rings. The van der Waals surface area contributed by atoms with Crippen LogP contribution in [0.4, 0.5) is 0 Å². The van der Waals surface area contributed by atoms with Crippen LogP contribution in [0.2, 0.25) is 0 Å². The molecule has 0 bridgehead atoms. The lowest BCUT2D eigenvalue weighted by Crippen LogP contribution is -2.36. The van der Waals surface area contributed by atoms with E-state index in [0.29, 0.717) is 5.75 Å². The van der Waals surface area contributed by atoms with Crippen molar-refractivity contribution in [3.63, 3.8) is 0 Å². The molecular formula is C13H27NOS. The molecule has 0 aromatic rings. The molecule has 2 nitrogen and oxygen atoms in total. The van der Waals surface area contributed by atoms with Crippen LogP contribution in [-0.2, 0) is 4.79 Å². The summed E-state index contributed by atoms with van der Waals surface area (Å²) in [6.07, 6.45) is 2.19. The van der Waals surface area contributed by atoms with Crippen LogP contribution < -0.4 is 5.32 Å². The molecule has 0 radical (unpaired) electrons. The zero-order valence-electron chi connectivity index (χ0n) is 11.6. The lowest BCUT2D eigenvalue weighted by molar-refractivity contribution is -0.118. The van der Waals surface area contributed by atoms with Gasteiger partial charge < -0.3 is 5.32 Å². The van der Waals surface area contributed by atoms with E-state index in [2.05, 4.69) is 46.9 Å². The molecule has 96 valence electrons. The molecular weight excluding hydrogens is 218 g/mol. The fourth-order valence-corrected chi connectivity index (χ4v) is 1.95. The number of nitrogens with one attached hydrogen (secondary N) is 1. The highest BCUT2D eigenvalue weighted by Gasteiger charge is 2.33. The summed E-state index contributed by atoms with van der Waals surface area (Å²) in [5.74, 6) is 0.726. The Kier molecular flexibility index (Phi) is 6.46. The van der Waals surface area contributed by atoms with Crippen LogP contribution in [0, 0.1) is 5.41 Å². The van der Waals surface area contributed by atoms with Gasteiger partial charge in [-0.3, -0.25) is 4.79 Å². The van der Waals surface area contributed by atoms with Gasteiger partial charge in [-0.05, 0) is 11.8 Å². The Balaban J connectivity index is 3.92. The molecule has 0 unspecified atom stereocenters. The summed E-state index contributed by atoms with van der Waals surface area (Å²) in [4.78, 5) is 11.6. The molecule has 16 heavy (non-hydrogen) atoms. The molecule has 0 aliphatic carbocycles. The van der Waals surface area contributed by atoms with Crippen molar-refractivity contribution in [1.29, 1.82) is 0 Å². The summed E-state index contributed by atoms with van der Waals surface area (Å²) in [5.41, 5.74) is 0.210. The summed E-state index contributed by atoms with van der Waals surface area (Å²) in [7, 11) is 0. The quantitative estimate of drug-likeness (QED) is 0.726. The van der Waals surface area contributed by atoms with E-state index >= 15 is 0 Å². The summed E-state index contributed by atoms with van der Waals surface area (Å²) in [6.45, 7) is 14.0. The number of rotatable bonds is 6. The number of carbonyl (C=O) groups excluding carboxylic acids is 1. The summed E-state index contributed by atoms with van der Waals surface area (Å²) >= 11 is 1.74. The molecule has 0 aromatic heterocycles. The van der Waals surface area contributed by atoms with E-state index in [1.165, 1.54) is 0 Å². The van der Waals surface area contributed by atoms with Gasteiger partial charge in [0.05, 0.1) is 5.75 Å². The van der Waals surface area contributed by atoms with E-state index in [1.807, 2.05) is 0 Å². The zero-order valence-corrected chi connectivity index (χ0v) is 12.5. The minimum absolute atomic E-state index is 0.120. The molecule has 0 saturated carbocycles. The number of thioether (sulfide) groups is 1. The first kappa shape index (κ1) is 15.8. The topological polar surface area (TPSA) is 29.1 Å². The Labute approximate surface area is 105 Å². The van der Waals surface area contributed by atoms with E-state index in [-0.39, 0.29) is 16.1 Å². The average Bonchev–Trinajstić information content (AvgIpc) is 2.13. The van der Waals surface area contributed by atoms with Crippen molar-refractivity contribution >= 4 is 17.7 Å². The third kappa shape index (κ3) is 5.78. The fourth-order valence-electron chi connectivity index (χ4n) is 0.918. The number of unbranched alkanes of at least 4 members (excludes halogenated alkanes) is 1. The summed E-state index contributed by atoms with van der Waals surface area (Å²) in [5, 5.41) is 2.95. The highest BCUT2D eigenvalue weighted by molar-refractivity contribution is 8.01. The third-order valence-corrected chi connectivity index (χ3v) is 4.96. The first-order valence-electron chi connectivity index (χ1n) is 6.11. The van der Waals surface area contributed by atoms with E-state index in [4.69, 9.17) is 0 Å². The Morgan fingerprint density at radius 3 is 2.19 bits per heavy atom. The van der Waals surface area contributed by atoms with Crippen LogP contribution in [0.1, 0.15) is 54.4 Å². The normalized spacial score (nSPS) is 12.6. The van der Waals surface area contributed by atoms with Crippen molar-refractivity contribution in [3.05, 3.63) is 0 Å². The predicted molar refractivity (Wildman–Crippen MR) is 73.9 cm³/mol. The largest absolute Gasteiger partial charge is 0.355 e. The molecule has 0 aliphatic heterocycles. The smallest absolute Gasteiger partial charge is 0.230 e. The number of carbonyl (C=O) groups is 1. The molecule has 3 heteroatoms. The van der Waals surface area contributed by atoms with Crippen LogP contribution in [0.15, 0.2) is 0 Å². The predicted octanol–water partition coefficient (Wildman–Crippen LogP) is 3.46. The van der Waals surface area contributed by atoms with Gasteiger partial charge in [-0.15, -0.1) is 11.8 Å². The van der Waals surface area contributed by atoms with Gasteiger partial charge in [0.15, 0.2) is 0 Å². The van der Waals surface area contributed by atoms with Crippen LogP contribution in [-0.4, -0.2) is 23.0 Å². The highest BCUT2D eigenvalue weighted by Crippen LogP contribution is 2.40. The summed E-state index contributed by atoms with van der Waals surface area (Å²) < 4.78 is 0.120. The number of hydrogen-bond acceptors (Lipinski definition) is 2. The van der Waals surface area contributed by atoms with Gasteiger partial charge in [-0.2, -0.15) is 0 Å². The average molecular weight is 245 g/mol. The second-order valence-electron chi connectivity index (χ2n) is 5.75. The van der Waals surface area contributed by atoms with Gasteiger partial charge >= 0.3 is 0 Å². The SMILES string of the molecule is CCCCNC(=O)CSC(C)(C)C(C)(C)C. The van der Waals surface area contributed by atoms with E-state index in [1.54, 1.807) is 11.8 Å². The Morgan fingerprint density at radius 1 is 1.19 bits per heavy atom.